The molecule has 0 heterocycles. The fourth-order valence-electron chi connectivity index (χ4n) is 6.28. The SMILES string of the molecule is C=CCOC(COCCCCCCCCCCCCCCCCCC)COCCCCCCCCCCCCCCCCCC. The van der Waals surface area contributed by atoms with Gasteiger partial charge in [0.2, 0.25) is 0 Å². The molecule has 0 aromatic carbocycles. The summed E-state index contributed by atoms with van der Waals surface area (Å²) >= 11 is 0. The van der Waals surface area contributed by atoms with E-state index in [4.69, 9.17) is 14.2 Å². The third-order valence-electron chi connectivity index (χ3n) is 9.34. The molecule has 0 atom stereocenters. The van der Waals surface area contributed by atoms with Crippen molar-refractivity contribution in [2.75, 3.05) is 33.0 Å². The zero-order valence-electron chi connectivity index (χ0n) is 31.2. The number of hydrogen-bond donors (Lipinski definition) is 0. The van der Waals surface area contributed by atoms with Crippen LogP contribution in [-0.2, 0) is 14.2 Å². The van der Waals surface area contributed by atoms with Crippen molar-refractivity contribution >= 4 is 0 Å². The normalized spacial score (nSPS) is 11.6. The molecular formula is C42H84O3. The molecule has 0 rings (SSSR count). The van der Waals surface area contributed by atoms with Crippen LogP contribution < -0.4 is 0 Å². The van der Waals surface area contributed by atoms with Gasteiger partial charge >= 0.3 is 0 Å². The van der Waals surface area contributed by atoms with Gasteiger partial charge in [0.1, 0.15) is 6.10 Å². The lowest BCUT2D eigenvalue weighted by Crippen LogP contribution is -2.26. The van der Waals surface area contributed by atoms with E-state index in [1.165, 1.54) is 193 Å². The van der Waals surface area contributed by atoms with E-state index in [-0.39, 0.29) is 6.10 Å². The first-order chi connectivity index (χ1) is 22.3. The van der Waals surface area contributed by atoms with E-state index in [2.05, 4.69) is 20.4 Å². The Kier molecular flexibility index (Phi) is 41.3. The van der Waals surface area contributed by atoms with Gasteiger partial charge in [-0.15, -0.1) is 6.58 Å². The van der Waals surface area contributed by atoms with Crippen LogP contribution in [0.2, 0.25) is 0 Å². The summed E-state index contributed by atoms with van der Waals surface area (Å²) < 4.78 is 17.8. The highest BCUT2D eigenvalue weighted by molar-refractivity contribution is 4.67. The fourth-order valence-corrected chi connectivity index (χ4v) is 6.28. The molecular weight excluding hydrogens is 552 g/mol. The molecule has 0 aromatic heterocycles. The van der Waals surface area contributed by atoms with Crippen molar-refractivity contribution in [3.05, 3.63) is 12.7 Å². The first-order valence-corrected chi connectivity index (χ1v) is 20.7. The van der Waals surface area contributed by atoms with Crippen LogP contribution in [0.25, 0.3) is 0 Å². The van der Waals surface area contributed by atoms with Crippen molar-refractivity contribution in [1.82, 2.24) is 0 Å². The summed E-state index contributed by atoms with van der Waals surface area (Å²) in [6.45, 7) is 11.9. The lowest BCUT2D eigenvalue weighted by Gasteiger charge is -2.17. The molecule has 0 aliphatic rings. The summed E-state index contributed by atoms with van der Waals surface area (Å²) in [4.78, 5) is 0. The predicted molar refractivity (Wildman–Crippen MR) is 201 cm³/mol. The van der Waals surface area contributed by atoms with Crippen molar-refractivity contribution in [3.63, 3.8) is 0 Å². The summed E-state index contributed by atoms with van der Waals surface area (Å²) in [5.74, 6) is 0. The van der Waals surface area contributed by atoms with Crippen LogP contribution in [0.15, 0.2) is 12.7 Å². The van der Waals surface area contributed by atoms with Crippen molar-refractivity contribution in [2.24, 2.45) is 0 Å². The molecule has 0 amide bonds. The van der Waals surface area contributed by atoms with Crippen LogP contribution >= 0.6 is 0 Å². The van der Waals surface area contributed by atoms with E-state index >= 15 is 0 Å². The topological polar surface area (TPSA) is 27.7 Å². The Balaban J connectivity index is 3.43. The van der Waals surface area contributed by atoms with Crippen LogP contribution in [0.1, 0.15) is 219 Å². The van der Waals surface area contributed by atoms with Crippen LogP contribution in [0.5, 0.6) is 0 Å². The summed E-state index contributed by atoms with van der Waals surface area (Å²) in [5, 5.41) is 0. The maximum atomic E-state index is 5.96. The van der Waals surface area contributed by atoms with Gasteiger partial charge in [0.15, 0.2) is 0 Å². The number of unbranched alkanes of at least 4 members (excludes halogenated alkanes) is 30. The molecule has 0 aliphatic carbocycles. The maximum absolute atomic E-state index is 5.96. The van der Waals surface area contributed by atoms with E-state index in [1.807, 2.05) is 6.08 Å². The summed E-state index contributed by atoms with van der Waals surface area (Å²) in [6.07, 6.45) is 46.6. The molecule has 0 unspecified atom stereocenters. The first kappa shape index (κ1) is 44.6. The molecule has 0 saturated heterocycles. The van der Waals surface area contributed by atoms with Gasteiger partial charge in [0, 0.05) is 13.2 Å². The Morgan fingerprint density at radius 1 is 0.378 bits per heavy atom. The van der Waals surface area contributed by atoms with Gasteiger partial charge in [-0.3, -0.25) is 0 Å². The predicted octanol–water partition coefficient (Wildman–Crippen LogP) is 14.1. The van der Waals surface area contributed by atoms with Crippen LogP contribution in [0.3, 0.4) is 0 Å². The van der Waals surface area contributed by atoms with Gasteiger partial charge < -0.3 is 14.2 Å². The Labute approximate surface area is 284 Å². The second-order valence-electron chi connectivity index (χ2n) is 14.0. The molecule has 0 aromatic rings. The molecule has 0 N–H and O–H groups in total. The second-order valence-corrected chi connectivity index (χ2v) is 14.0. The Hall–Kier alpha value is -0.380. The van der Waals surface area contributed by atoms with E-state index in [0.29, 0.717) is 19.8 Å². The van der Waals surface area contributed by atoms with Crippen molar-refractivity contribution in [1.29, 1.82) is 0 Å². The summed E-state index contributed by atoms with van der Waals surface area (Å²) in [6, 6.07) is 0. The highest BCUT2D eigenvalue weighted by atomic mass is 16.6. The average molecular weight is 637 g/mol. The minimum absolute atomic E-state index is 0.0186. The van der Waals surface area contributed by atoms with Gasteiger partial charge in [0.05, 0.1) is 19.8 Å². The van der Waals surface area contributed by atoms with Crippen LogP contribution in [-0.4, -0.2) is 39.1 Å². The van der Waals surface area contributed by atoms with Crippen LogP contribution in [0.4, 0.5) is 0 Å². The fraction of sp³-hybridized carbons (Fsp3) is 0.952. The van der Waals surface area contributed by atoms with E-state index < -0.39 is 0 Å². The molecule has 0 fully saturated rings. The smallest absolute Gasteiger partial charge is 0.104 e. The molecule has 3 heteroatoms. The Bertz CT molecular complexity index is 482. The third kappa shape index (κ3) is 39.7. The molecule has 0 spiro atoms. The van der Waals surface area contributed by atoms with Gasteiger partial charge in [-0.25, -0.2) is 0 Å². The van der Waals surface area contributed by atoms with E-state index in [1.54, 1.807) is 0 Å². The van der Waals surface area contributed by atoms with E-state index in [0.717, 1.165) is 26.1 Å². The highest BCUT2D eigenvalue weighted by Crippen LogP contribution is 2.15. The Morgan fingerprint density at radius 2 is 0.622 bits per heavy atom. The molecule has 3 nitrogen and oxygen atoms in total. The largest absolute Gasteiger partial charge is 0.379 e. The van der Waals surface area contributed by atoms with E-state index in [9.17, 15) is 0 Å². The van der Waals surface area contributed by atoms with Crippen molar-refractivity contribution in [3.8, 4) is 0 Å². The highest BCUT2D eigenvalue weighted by Gasteiger charge is 2.09. The minimum atomic E-state index is 0.0186. The summed E-state index contributed by atoms with van der Waals surface area (Å²) in [5.41, 5.74) is 0. The van der Waals surface area contributed by atoms with Gasteiger partial charge in [-0.2, -0.15) is 0 Å². The van der Waals surface area contributed by atoms with Gasteiger partial charge in [-0.1, -0.05) is 213 Å². The van der Waals surface area contributed by atoms with Gasteiger partial charge in [-0.05, 0) is 12.8 Å². The monoisotopic (exact) mass is 637 g/mol. The third-order valence-corrected chi connectivity index (χ3v) is 9.34. The molecule has 270 valence electrons. The molecule has 45 heavy (non-hydrogen) atoms. The minimum Gasteiger partial charge on any atom is -0.379 e. The lowest BCUT2D eigenvalue weighted by molar-refractivity contribution is -0.0526. The zero-order chi connectivity index (χ0) is 32.6. The maximum Gasteiger partial charge on any atom is 0.104 e. The van der Waals surface area contributed by atoms with Gasteiger partial charge in [0.25, 0.3) is 0 Å². The summed E-state index contributed by atoms with van der Waals surface area (Å²) in [7, 11) is 0. The zero-order valence-corrected chi connectivity index (χ0v) is 31.2. The first-order valence-electron chi connectivity index (χ1n) is 20.7. The standard InChI is InChI=1S/C42H84O3/c1-4-7-9-11-13-15-17-19-21-23-25-27-29-31-33-35-38-43-40-42(45-37-6-3)41-44-39-36-34-32-30-28-26-24-22-20-18-16-14-12-10-8-5-2/h6,42H,3-5,7-41H2,1-2H3. The second kappa shape index (κ2) is 41.6. The average Bonchev–Trinajstić information content (AvgIpc) is 3.05. The molecule has 0 aliphatic heterocycles. The lowest BCUT2D eigenvalue weighted by atomic mass is 10.0. The molecule has 0 radical (unpaired) electrons. The molecule has 0 bridgehead atoms. The number of ether oxygens (including phenoxy) is 3. The molecule has 0 saturated carbocycles. The quantitative estimate of drug-likeness (QED) is 0.0493. The van der Waals surface area contributed by atoms with Crippen LogP contribution in [0, 0.1) is 0 Å². The number of rotatable bonds is 41. The Morgan fingerprint density at radius 3 is 0.867 bits per heavy atom. The number of hydrogen-bond acceptors (Lipinski definition) is 3. The van der Waals surface area contributed by atoms with Crippen molar-refractivity contribution in [2.45, 2.75) is 225 Å². The van der Waals surface area contributed by atoms with Crippen molar-refractivity contribution < 1.29 is 14.2 Å².